The normalized spacial score (nSPS) is 15.2. The summed E-state index contributed by atoms with van der Waals surface area (Å²) in [5, 5.41) is 11.8. The minimum atomic E-state index is -1.14. The number of Topliss-reactive ketones (excluding diaryl/α,β-unsaturated/α-hetero) is 1. The van der Waals surface area contributed by atoms with Gasteiger partial charge < -0.3 is 14.6 Å². The second-order valence-electron chi connectivity index (χ2n) is 14.8. The quantitative estimate of drug-likeness (QED) is 0.279. The first-order valence-corrected chi connectivity index (χ1v) is 20.4. The lowest BCUT2D eigenvalue weighted by Crippen LogP contribution is -2.46. The van der Waals surface area contributed by atoms with E-state index in [0.717, 1.165) is 22.5 Å². The Balaban J connectivity index is 1.42. The maximum Gasteiger partial charge on any atom is 0.243 e. The number of carbonyl (C=O) groups is 1. The Morgan fingerprint density at radius 3 is 1.43 bits per heavy atom. The molecule has 0 amide bonds. The molecule has 2 unspecified atom stereocenters. The Hall–Kier alpha value is -11.3. The fourth-order valence-corrected chi connectivity index (χ4v) is 6.81. The molecule has 5 rings (SSSR count). The second-order valence-corrected chi connectivity index (χ2v) is 14.8. The topological polar surface area (TPSA) is 62.0 Å². The van der Waals surface area contributed by atoms with E-state index < -0.39 is 22.9 Å². The fourth-order valence-electron chi connectivity index (χ4n) is 6.81. The Bertz CT molecular complexity index is 3920. The van der Waals surface area contributed by atoms with Gasteiger partial charge in [-0.05, 0) is 151 Å². The maximum absolute atomic E-state index is 14.2. The number of hydrogen-bond donors (Lipinski definition) is 1. The van der Waals surface area contributed by atoms with Crippen LogP contribution in [-0.2, 0) is 15.6 Å². The Kier molecular flexibility index (Phi) is 17.5. The molecule has 0 aromatic heterocycles. The van der Waals surface area contributed by atoms with Crippen molar-refractivity contribution in [2.24, 2.45) is 5.92 Å². The molecular weight excluding hydrogens is 861 g/mol. The van der Waals surface area contributed by atoms with Crippen molar-refractivity contribution in [3.63, 3.8) is 0 Å². The molecule has 2 aromatic carbocycles. The van der Waals surface area contributed by atoms with Crippen LogP contribution in [0.5, 0.6) is 11.5 Å². The number of hydrogen-bond acceptors (Lipinski definition) is 5. The highest BCUT2D eigenvalue weighted by Crippen LogP contribution is 2.50. The molecule has 1 saturated carbocycles. The number of nitrogens with zero attached hydrogens (tertiary/aromatic N) is 2. The van der Waals surface area contributed by atoms with Crippen molar-refractivity contribution in [3.05, 3.63) is 70.9 Å². The number of terminal acetylenes is 2. The maximum atomic E-state index is 14.2. The molecule has 6 nitrogen and oxygen atoms in total. The molecule has 1 aliphatic carbocycles. The molecule has 0 radical (unpaired) electrons. The van der Waals surface area contributed by atoms with Gasteiger partial charge in [0.2, 0.25) is 17.4 Å². The summed E-state index contributed by atoms with van der Waals surface area (Å²) in [6.45, 7) is 8.07. The molecule has 320 valence electrons. The number of ether oxygens (including phenoxy) is 2. The molecule has 1 N–H and O–H groups in total. The Morgan fingerprint density at radius 2 is 0.986 bits per heavy atom. The van der Waals surface area contributed by atoms with Crippen molar-refractivity contribution >= 4 is 22.9 Å². The molecular formula is C64H31N2O4+. The number of anilines is 1. The van der Waals surface area contributed by atoms with Crippen LogP contribution in [-0.4, -0.2) is 41.5 Å². The number of aliphatic hydroxyl groups is 1. The van der Waals surface area contributed by atoms with E-state index in [1.54, 1.807) is 35.8 Å². The van der Waals surface area contributed by atoms with Crippen LogP contribution in [0.3, 0.4) is 0 Å². The molecule has 2 aromatic rings. The van der Waals surface area contributed by atoms with Gasteiger partial charge in [0.25, 0.3) is 0 Å². The summed E-state index contributed by atoms with van der Waals surface area (Å²) in [7, 11) is 3.19. The van der Waals surface area contributed by atoms with Crippen molar-refractivity contribution in [2.45, 2.75) is 44.6 Å². The largest absolute Gasteiger partial charge is 0.497 e. The zero-order chi connectivity index (χ0) is 50.2. The number of ketones is 1. The lowest BCUT2D eigenvalue weighted by molar-refractivity contribution is -0.332. The molecule has 0 spiro atoms. The van der Waals surface area contributed by atoms with Crippen molar-refractivity contribution in [3.8, 4) is 226 Å². The number of rotatable bonds is 4. The van der Waals surface area contributed by atoms with Gasteiger partial charge in [0.05, 0.1) is 43.3 Å². The highest BCUT2D eigenvalue weighted by Gasteiger charge is 2.51. The minimum absolute atomic E-state index is 0.235. The number of benzene rings is 2. The van der Waals surface area contributed by atoms with Crippen LogP contribution < -0.4 is 14.4 Å². The molecule has 70 heavy (non-hydrogen) atoms. The summed E-state index contributed by atoms with van der Waals surface area (Å²) < 4.78 is 12.9. The zero-order valence-electron chi connectivity index (χ0n) is 38.5. The molecule has 1 fully saturated rings. The lowest BCUT2D eigenvalue weighted by Gasteiger charge is -2.34. The van der Waals surface area contributed by atoms with E-state index in [2.05, 4.69) is 202 Å². The van der Waals surface area contributed by atoms with E-state index in [0.29, 0.717) is 22.9 Å². The van der Waals surface area contributed by atoms with Crippen molar-refractivity contribution in [1.29, 1.82) is 0 Å². The smallest absolute Gasteiger partial charge is 0.243 e. The molecule has 6 heteroatoms. The van der Waals surface area contributed by atoms with E-state index in [4.69, 9.17) is 22.3 Å². The van der Waals surface area contributed by atoms with E-state index in [9.17, 15) is 9.90 Å². The van der Waals surface area contributed by atoms with Gasteiger partial charge in [0.15, 0.2) is 5.78 Å². The predicted molar refractivity (Wildman–Crippen MR) is 272 cm³/mol. The summed E-state index contributed by atoms with van der Waals surface area (Å²) in [6.07, 6.45) is 12.4. The SMILES string of the molecule is C#CC#CC#CC#CC#CC#CC#CC#CC#CN1C(=CC2C(=O)C(=CC3=[N+](C#CC#CC#CC#CC#CC#CC#CC#CC#C)c4ccc(OC)cc4C3(C)C)C2O)C(C)(C)c2cc(OC)ccc21. The van der Waals surface area contributed by atoms with Crippen molar-refractivity contribution in [2.75, 3.05) is 19.1 Å². The van der Waals surface area contributed by atoms with Crippen LogP contribution in [0.1, 0.15) is 38.8 Å². The van der Waals surface area contributed by atoms with Gasteiger partial charge in [-0.2, -0.15) is 0 Å². The second kappa shape index (κ2) is 24.7. The minimum Gasteiger partial charge on any atom is -0.497 e. The van der Waals surface area contributed by atoms with Crippen molar-refractivity contribution in [1.82, 2.24) is 0 Å². The van der Waals surface area contributed by atoms with Gasteiger partial charge in [-0.25, -0.2) is 0 Å². The van der Waals surface area contributed by atoms with E-state index >= 15 is 0 Å². The monoisotopic (exact) mass is 891 g/mol. The van der Waals surface area contributed by atoms with Gasteiger partial charge in [0, 0.05) is 129 Å². The first-order valence-electron chi connectivity index (χ1n) is 20.4. The van der Waals surface area contributed by atoms with E-state index in [1.165, 1.54) is 0 Å². The third-order valence-corrected chi connectivity index (χ3v) is 10.1. The summed E-state index contributed by atoms with van der Waals surface area (Å²) in [6, 6.07) is 17.5. The average Bonchev–Trinajstić information content (AvgIpc) is 3.70. The van der Waals surface area contributed by atoms with Crippen LogP contribution in [0.15, 0.2) is 59.8 Å². The summed E-state index contributed by atoms with van der Waals surface area (Å²) in [5.74, 6) is 81.4. The number of allylic oxidation sites excluding steroid dienone is 2. The number of methoxy groups -OCH3 is 2. The van der Waals surface area contributed by atoms with Gasteiger partial charge in [-0.1, -0.05) is 13.8 Å². The summed E-state index contributed by atoms with van der Waals surface area (Å²) in [5.41, 5.74) is 3.65. The van der Waals surface area contributed by atoms with Gasteiger partial charge >= 0.3 is 0 Å². The highest BCUT2D eigenvalue weighted by molar-refractivity contribution is 6.14. The first-order chi connectivity index (χ1) is 34.0. The molecule has 0 bridgehead atoms. The number of fused-ring (bicyclic) bond motifs is 2. The van der Waals surface area contributed by atoms with Gasteiger partial charge in [-0.3, -0.25) is 9.69 Å². The fraction of sp³-hybridized carbons (Fsp3) is 0.156. The first kappa shape index (κ1) is 49.7. The summed E-state index contributed by atoms with van der Waals surface area (Å²) >= 11 is 0. The Morgan fingerprint density at radius 1 is 0.571 bits per heavy atom. The standard InChI is InChI=1S/C64H31N2O4/c1-9-11-13-15-17-19-21-23-25-27-29-31-33-35-37-39-45-65-57-43-41-51(69-7)47-55(57)63(3,4)59(65)49-53-61(67)54(62(53)68)50-60-64(5,6)56-48-52(70-8)42-44-58(56)66(60)46-40-38-36-34-32-30-28-26-24-22-20-18-16-14-12-10-2/h1-2,41-44,47-50,53,61,67H,3-8H3/q+1. The third kappa shape index (κ3) is 12.5. The van der Waals surface area contributed by atoms with Crippen LogP contribution in [0.4, 0.5) is 11.4 Å². The lowest BCUT2D eigenvalue weighted by atomic mass is 9.71. The Labute approximate surface area is 411 Å². The molecule has 2 atom stereocenters. The average molecular weight is 892 g/mol. The van der Waals surface area contributed by atoms with E-state index in [1.807, 2.05) is 64.1 Å². The predicted octanol–water partition coefficient (Wildman–Crippen LogP) is 4.48. The third-order valence-electron chi connectivity index (χ3n) is 10.1. The summed E-state index contributed by atoms with van der Waals surface area (Å²) in [4.78, 5) is 15.9. The molecule has 0 saturated heterocycles. The van der Waals surface area contributed by atoms with Crippen LogP contribution >= 0.6 is 0 Å². The molecule has 2 heterocycles. The number of aliphatic hydroxyl groups excluding tert-OH is 1. The van der Waals surface area contributed by atoms with E-state index in [-0.39, 0.29) is 11.4 Å². The van der Waals surface area contributed by atoms with Crippen LogP contribution in [0.2, 0.25) is 0 Å². The van der Waals surface area contributed by atoms with Crippen LogP contribution in [0.25, 0.3) is 0 Å². The van der Waals surface area contributed by atoms with Crippen molar-refractivity contribution < 1.29 is 24.0 Å². The molecule has 2 aliphatic heterocycles. The van der Waals surface area contributed by atoms with Crippen LogP contribution in [0, 0.1) is 220 Å². The molecule has 3 aliphatic rings. The zero-order valence-corrected chi connectivity index (χ0v) is 38.5. The number of carbonyl (C=O) groups excluding carboxylic acids is 1. The van der Waals surface area contributed by atoms with Gasteiger partial charge in [-0.15, -0.1) is 17.4 Å². The highest BCUT2D eigenvalue weighted by atomic mass is 16.5. The van der Waals surface area contributed by atoms with Gasteiger partial charge in [0.1, 0.15) is 11.5 Å².